The van der Waals surface area contributed by atoms with Crippen LogP contribution in [-0.4, -0.2) is 29.2 Å². The van der Waals surface area contributed by atoms with Gasteiger partial charge in [-0.2, -0.15) is 0 Å². The van der Waals surface area contributed by atoms with E-state index in [0.717, 1.165) is 0 Å². The third kappa shape index (κ3) is 2.65. The van der Waals surface area contributed by atoms with Gasteiger partial charge in [0.05, 0.1) is 11.6 Å². The lowest BCUT2D eigenvalue weighted by Gasteiger charge is -2.12. The molecule has 0 bridgehead atoms. The molecule has 2 atom stereocenters. The van der Waals surface area contributed by atoms with Gasteiger partial charge in [-0.1, -0.05) is 0 Å². The molecule has 66 valence electrons. The standard InChI is InChI=1S/C6H12N2O2.ClH/c1-6(10)2-4(5(7)9)8-3-6;/h4,8,10H,2-3H2,1H3,(H2,7,9);1H. The third-order valence-electron chi connectivity index (χ3n) is 1.72. The average molecular weight is 181 g/mol. The molecule has 4 nitrogen and oxygen atoms in total. The molecule has 1 fully saturated rings. The van der Waals surface area contributed by atoms with Crippen molar-refractivity contribution in [2.45, 2.75) is 25.0 Å². The van der Waals surface area contributed by atoms with E-state index < -0.39 is 11.5 Å². The van der Waals surface area contributed by atoms with Gasteiger partial charge in [0.15, 0.2) is 0 Å². The van der Waals surface area contributed by atoms with Crippen LogP contribution in [0.1, 0.15) is 13.3 Å². The van der Waals surface area contributed by atoms with E-state index in [1.165, 1.54) is 0 Å². The van der Waals surface area contributed by atoms with Gasteiger partial charge < -0.3 is 16.2 Å². The van der Waals surface area contributed by atoms with E-state index in [0.29, 0.717) is 13.0 Å². The molecule has 1 aliphatic heterocycles. The first-order chi connectivity index (χ1) is 4.51. The lowest BCUT2D eigenvalue weighted by atomic mass is 10.0. The minimum Gasteiger partial charge on any atom is -0.389 e. The zero-order chi connectivity index (χ0) is 7.78. The van der Waals surface area contributed by atoms with Crippen LogP contribution in [0.15, 0.2) is 0 Å². The molecule has 4 N–H and O–H groups in total. The normalized spacial score (nSPS) is 36.4. The zero-order valence-electron chi connectivity index (χ0n) is 6.33. The first-order valence-corrected chi connectivity index (χ1v) is 3.26. The Kier molecular flexibility index (Phi) is 3.29. The fourth-order valence-corrected chi connectivity index (χ4v) is 1.13. The maximum Gasteiger partial charge on any atom is 0.234 e. The second-order valence-electron chi connectivity index (χ2n) is 3.04. The second-order valence-corrected chi connectivity index (χ2v) is 3.04. The van der Waals surface area contributed by atoms with E-state index in [1.54, 1.807) is 6.92 Å². The van der Waals surface area contributed by atoms with Crippen molar-refractivity contribution >= 4 is 18.3 Å². The third-order valence-corrected chi connectivity index (χ3v) is 1.72. The Labute approximate surface area is 71.6 Å². The van der Waals surface area contributed by atoms with Gasteiger partial charge in [-0.15, -0.1) is 12.4 Å². The average Bonchev–Trinajstić information content (AvgIpc) is 2.10. The molecule has 1 heterocycles. The van der Waals surface area contributed by atoms with Crippen LogP contribution in [0.5, 0.6) is 0 Å². The van der Waals surface area contributed by atoms with Crippen molar-refractivity contribution in [3.05, 3.63) is 0 Å². The number of primary amides is 1. The summed E-state index contributed by atoms with van der Waals surface area (Å²) in [7, 11) is 0. The summed E-state index contributed by atoms with van der Waals surface area (Å²) >= 11 is 0. The minimum atomic E-state index is -0.764. The van der Waals surface area contributed by atoms with Gasteiger partial charge in [-0.25, -0.2) is 0 Å². The Bertz CT molecular complexity index is 161. The molecule has 0 spiro atoms. The Morgan fingerprint density at radius 3 is 2.55 bits per heavy atom. The van der Waals surface area contributed by atoms with Crippen LogP contribution in [-0.2, 0) is 4.79 Å². The molecule has 1 saturated heterocycles. The van der Waals surface area contributed by atoms with Gasteiger partial charge in [0.1, 0.15) is 0 Å². The highest BCUT2D eigenvalue weighted by atomic mass is 35.5. The summed E-state index contributed by atoms with van der Waals surface area (Å²) in [5.74, 6) is -0.391. The lowest BCUT2D eigenvalue weighted by Crippen LogP contribution is -2.36. The first kappa shape index (κ1) is 10.7. The van der Waals surface area contributed by atoms with E-state index in [2.05, 4.69) is 5.32 Å². The van der Waals surface area contributed by atoms with Crippen molar-refractivity contribution in [3.8, 4) is 0 Å². The molecular formula is C6H13ClN2O2. The molecule has 0 aliphatic carbocycles. The van der Waals surface area contributed by atoms with Gasteiger partial charge in [0.25, 0.3) is 0 Å². The molecule has 1 rings (SSSR count). The molecule has 0 aromatic carbocycles. The van der Waals surface area contributed by atoms with Crippen LogP contribution in [0.3, 0.4) is 0 Å². The van der Waals surface area contributed by atoms with E-state index in [-0.39, 0.29) is 18.4 Å². The highest BCUT2D eigenvalue weighted by Gasteiger charge is 2.35. The largest absolute Gasteiger partial charge is 0.389 e. The topological polar surface area (TPSA) is 75.3 Å². The number of hydrogen-bond donors (Lipinski definition) is 3. The van der Waals surface area contributed by atoms with Crippen LogP contribution in [0.4, 0.5) is 0 Å². The maximum atomic E-state index is 10.5. The molecule has 0 aromatic heterocycles. The number of nitrogens with two attached hydrogens (primary N) is 1. The Hall–Kier alpha value is -0.320. The summed E-state index contributed by atoms with van der Waals surface area (Å²) in [6.07, 6.45) is 0.419. The number of rotatable bonds is 1. The van der Waals surface area contributed by atoms with Gasteiger partial charge >= 0.3 is 0 Å². The summed E-state index contributed by atoms with van der Waals surface area (Å²) < 4.78 is 0. The Morgan fingerprint density at radius 2 is 2.36 bits per heavy atom. The number of hydrogen-bond acceptors (Lipinski definition) is 3. The van der Waals surface area contributed by atoms with Crippen LogP contribution < -0.4 is 11.1 Å². The quantitative estimate of drug-likeness (QED) is 0.485. The highest BCUT2D eigenvalue weighted by Crippen LogP contribution is 2.17. The second kappa shape index (κ2) is 3.38. The summed E-state index contributed by atoms with van der Waals surface area (Å²) in [5, 5.41) is 12.2. The van der Waals surface area contributed by atoms with E-state index in [9.17, 15) is 9.90 Å². The Morgan fingerprint density at radius 1 is 1.82 bits per heavy atom. The van der Waals surface area contributed by atoms with Gasteiger partial charge in [0.2, 0.25) is 5.91 Å². The fourth-order valence-electron chi connectivity index (χ4n) is 1.13. The molecule has 1 amide bonds. The van der Waals surface area contributed by atoms with Gasteiger partial charge in [-0.05, 0) is 6.92 Å². The van der Waals surface area contributed by atoms with E-state index >= 15 is 0 Å². The number of nitrogens with one attached hydrogen (secondary N) is 1. The van der Waals surface area contributed by atoms with Gasteiger partial charge in [0, 0.05) is 13.0 Å². The number of β-amino-alcohol motifs (C(OH)–C–C–N with tert-alkyl or cyclic N) is 1. The lowest BCUT2D eigenvalue weighted by molar-refractivity contribution is -0.120. The van der Waals surface area contributed by atoms with Crippen molar-refractivity contribution in [1.29, 1.82) is 0 Å². The molecule has 0 saturated carbocycles. The molecule has 0 radical (unpaired) electrons. The fraction of sp³-hybridized carbons (Fsp3) is 0.833. The van der Waals surface area contributed by atoms with Crippen LogP contribution in [0.2, 0.25) is 0 Å². The van der Waals surface area contributed by atoms with Crippen LogP contribution >= 0.6 is 12.4 Å². The number of aliphatic hydroxyl groups is 1. The molecule has 2 unspecified atom stereocenters. The van der Waals surface area contributed by atoms with E-state index in [4.69, 9.17) is 5.73 Å². The summed E-state index contributed by atoms with van der Waals surface area (Å²) in [5.41, 5.74) is 4.24. The monoisotopic (exact) mass is 180 g/mol. The number of halogens is 1. The molecule has 0 aromatic rings. The Balaban J connectivity index is 0.000001000. The minimum absolute atomic E-state index is 0. The number of carbonyl (C=O) groups is 1. The van der Waals surface area contributed by atoms with Crippen molar-refractivity contribution in [2.24, 2.45) is 5.73 Å². The summed E-state index contributed by atoms with van der Waals surface area (Å²) in [6, 6.07) is -0.352. The van der Waals surface area contributed by atoms with Crippen molar-refractivity contribution < 1.29 is 9.90 Å². The molecule has 11 heavy (non-hydrogen) atoms. The number of amides is 1. The van der Waals surface area contributed by atoms with Crippen molar-refractivity contribution in [3.63, 3.8) is 0 Å². The summed E-state index contributed by atoms with van der Waals surface area (Å²) in [6.45, 7) is 2.13. The van der Waals surface area contributed by atoms with Crippen molar-refractivity contribution in [2.75, 3.05) is 6.54 Å². The predicted octanol–water partition coefficient (Wildman–Crippen LogP) is -0.994. The molecular weight excluding hydrogens is 168 g/mol. The summed E-state index contributed by atoms with van der Waals surface area (Å²) in [4.78, 5) is 10.5. The van der Waals surface area contributed by atoms with Crippen LogP contribution in [0, 0.1) is 0 Å². The molecule has 5 heteroatoms. The molecule has 1 aliphatic rings. The maximum absolute atomic E-state index is 10.5. The highest BCUT2D eigenvalue weighted by molar-refractivity contribution is 5.85. The first-order valence-electron chi connectivity index (χ1n) is 3.26. The van der Waals surface area contributed by atoms with Gasteiger partial charge in [-0.3, -0.25) is 4.79 Å². The van der Waals surface area contributed by atoms with E-state index in [1.807, 2.05) is 0 Å². The SMILES string of the molecule is CC1(O)CNC(C(N)=O)C1.Cl. The number of carbonyl (C=O) groups excluding carboxylic acids is 1. The smallest absolute Gasteiger partial charge is 0.234 e. The zero-order valence-corrected chi connectivity index (χ0v) is 7.15. The van der Waals surface area contributed by atoms with Crippen LogP contribution in [0.25, 0.3) is 0 Å². The van der Waals surface area contributed by atoms with Crippen molar-refractivity contribution in [1.82, 2.24) is 5.32 Å². The predicted molar refractivity (Wildman–Crippen MR) is 43.5 cm³/mol.